The van der Waals surface area contributed by atoms with Gasteiger partial charge in [0.15, 0.2) is 0 Å². The Morgan fingerprint density at radius 2 is 2.26 bits per heavy atom. The quantitative estimate of drug-likeness (QED) is 0.851. The Morgan fingerprint density at radius 1 is 1.47 bits per heavy atom. The third kappa shape index (κ3) is 3.30. The Hall–Kier alpha value is -1.46. The zero-order valence-corrected chi connectivity index (χ0v) is 11.6. The van der Waals surface area contributed by atoms with Crippen LogP contribution in [-0.4, -0.2) is 35.7 Å². The minimum Gasteiger partial charge on any atom is -0.463 e. The van der Waals surface area contributed by atoms with E-state index in [1.165, 1.54) is 6.26 Å². The second-order valence-electron chi connectivity index (χ2n) is 4.28. The monoisotopic (exact) mass is 279 g/mol. The van der Waals surface area contributed by atoms with E-state index < -0.39 is 0 Å². The fourth-order valence-corrected chi connectivity index (χ4v) is 2.62. The molecule has 1 amide bonds. The van der Waals surface area contributed by atoms with Gasteiger partial charge in [-0.25, -0.2) is 0 Å². The topological polar surface area (TPSA) is 62.5 Å². The van der Waals surface area contributed by atoms with Crippen LogP contribution in [0.2, 0.25) is 0 Å². The summed E-state index contributed by atoms with van der Waals surface area (Å²) in [6.07, 6.45) is 4.02. The maximum Gasteiger partial charge on any atom is 0.255 e. The molecule has 0 bridgehead atoms. The van der Waals surface area contributed by atoms with Crippen LogP contribution in [0.4, 0.5) is 0 Å². The summed E-state index contributed by atoms with van der Waals surface area (Å²) >= 11 is 1.64. The van der Waals surface area contributed by atoms with Crippen molar-refractivity contribution in [1.29, 1.82) is 0 Å². The van der Waals surface area contributed by atoms with E-state index in [2.05, 4.69) is 5.32 Å². The second-order valence-corrected chi connectivity index (χ2v) is 5.19. The lowest BCUT2D eigenvalue weighted by atomic mass is 10.1. The third-order valence-corrected chi connectivity index (χ3v) is 3.64. The number of thioether (sulfide) groups is 1. The van der Waals surface area contributed by atoms with Gasteiger partial charge in [-0.2, -0.15) is 11.8 Å². The Balaban J connectivity index is 2.14. The molecule has 2 aromatic rings. The Kier molecular flexibility index (Phi) is 4.87. The van der Waals surface area contributed by atoms with Gasteiger partial charge < -0.3 is 14.8 Å². The zero-order chi connectivity index (χ0) is 13.7. The van der Waals surface area contributed by atoms with Crippen molar-refractivity contribution in [3.05, 3.63) is 36.1 Å². The van der Waals surface area contributed by atoms with Crippen LogP contribution in [0.5, 0.6) is 0 Å². The number of rotatable bonds is 6. The third-order valence-electron chi connectivity index (χ3n) is 2.91. The van der Waals surface area contributed by atoms with E-state index in [1.807, 2.05) is 30.5 Å². The van der Waals surface area contributed by atoms with Gasteiger partial charge in [-0.05, 0) is 18.7 Å². The predicted molar refractivity (Wildman–Crippen MR) is 77.6 cm³/mol. The lowest BCUT2D eigenvalue weighted by Crippen LogP contribution is -2.37. The van der Waals surface area contributed by atoms with Crippen LogP contribution >= 0.6 is 11.8 Å². The molecular weight excluding hydrogens is 262 g/mol. The highest BCUT2D eigenvalue weighted by Crippen LogP contribution is 2.20. The largest absolute Gasteiger partial charge is 0.463 e. The van der Waals surface area contributed by atoms with Crippen molar-refractivity contribution in [1.82, 2.24) is 5.32 Å². The van der Waals surface area contributed by atoms with Crippen molar-refractivity contribution in [3.8, 4) is 0 Å². The van der Waals surface area contributed by atoms with Gasteiger partial charge >= 0.3 is 0 Å². The van der Waals surface area contributed by atoms with Crippen LogP contribution in [0.1, 0.15) is 16.8 Å². The molecule has 0 saturated heterocycles. The van der Waals surface area contributed by atoms with E-state index in [0.29, 0.717) is 17.6 Å². The summed E-state index contributed by atoms with van der Waals surface area (Å²) in [5.41, 5.74) is 1.25. The predicted octanol–water partition coefficient (Wildman–Crippen LogP) is 2.28. The molecule has 2 N–H and O–H groups in total. The molecule has 0 aliphatic rings. The van der Waals surface area contributed by atoms with Gasteiger partial charge in [0.25, 0.3) is 5.91 Å². The van der Waals surface area contributed by atoms with Gasteiger partial charge in [-0.3, -0.25) is 4.79 Å². The summed E-state index contributed by atoms with van der Waals surface area (Å²) in [5.74, 6) is 0.625. The number of hydrogen-bond donors (Lipinski definition) is 2. The van der Waals surface area contributed by atoms with Gasteiger partial charge in [0, 0.05) is 23.8 Å². The summed E-state index contributed by atoms with van der Waals surface area (Å²) in [6.45, 7) is 0.0671. The van der Waals surface area contributed by atoms with Gasteiger partial charge in [-0.15, -0.1) is 0 Å². The van der Waals surface area contributed by atoms with E-state index in [4.69, 9.17) is 9.52 Å². The molecule has 4 nitrogen and oxygen atoms in total. The normalized spacial score (nSPS) is 12.5. The highest BCUT2D eigenvalue weighted by molar-refractivity contribution is 7.98. The number of amides is 1. The molecule has 0 unspecified atom stereocenters. The van der Waals surface area contributed by atoms with Crippen LogP contribution in [-0.2, 0) is 0 Å². The van der Waals surface area contributed by atoms with Crippen molar-refractivity contribution in [2.24, 2.45) is 0 Å². The van der Waals surface area contributed by atoms with Gasteiger partial charge in [-0.1, -0.05) is 18.2 Å². The molecule has 0 spiro atoms. The van der Waals surface area contributed by atoms with Gasteiger partial charge in [0.1, 0.15) is 11.8 Å². The van der Waals surface area contributed by atoms with Crippen molar-refractivity contribution in [2.45, 2.75) is 12.5 Å². The molecule has 0 saturated carbocycles. The molecule has 0 fully saturated rings. The number of benzene rings is 1. The average Bonchev–Trinajstić information content (AvgIpc) is 2.83. The number of aliphatic hydroxyl groups excluding tert-OH is 1. The zero-order valence-electron chi connectivity index (χ0n) is 10.8. The summed E-state index contributed by atoms with van der Waals surface area (Å²) < 4.78 is 5.36. The molecule has 5 heteroatoms. The van der Waals surface area contributed by atoms with E-state index in [9.17, 15) is 4.79 Å². The lowest BCUT2D eigenvalue weighted by molar-refractivity contribution is 0.0936. The molecule has 0 radical (unpaired) electrons. The number of hydrogen-bond acceptors (Lipinski definition) is 4. The minimum absolute atomic E-state index is 0.0267. The highest BCUT2D eigenvalue weighted by atomic mass is 32.2. The molecule has 2 rings (SSSR count). The summed E-state index contributed by atoms with van der Waals surface area (Å²) in [4.78, 5) is 12.2. The molecule has 102 valence electrons. The standard InChI is InChI=1S/C14H17NO3S/c1-19-9-10(6-7-16)15-14(17)12-8-18-13-5-3-2-4-11(12)13/h2-5,8,10,16H,6-7,9H2,1H3,(H,15,17)/t10-/m0/s1. The average molecular weight is 279 g/mol. The van der Waals surface area contributed by atoms with Crippen LogP contribution in [0.3, 0.4) is 0 Å². The van der Waals surface area contributed by atoms with Gasteiger partial charge in [0.2, 0.25) is 0 Å². The van der Waals surface area contributed by atoms with Crippen LogP contribution < -0.4 is 5.32 Å². The SMILES string of the molecule is CSC[C@H](CCO)NC(=O)c1coc2ccccc12. The molecule has 19 heavy (non-hydrogen) atoms. The molecule has 0 aliphatic heterocycles. The first kappa shape index (κ1) is 14.0. The summed E-state index contributed by atoms with van der Waals surface area (Å²) in [5, 5.41) is 12.7. The first-order valence-electron chi connectivity index (χ1n) is 6.13. The molecule has 1 heterocycles. The molecule has 1 aromatic heterocycles. The smallest absolute Gasteiger partial charge is 0.255 e. The van der Waals surface area contributed by atoms with E-state index in [0.717, 1.165) is 11.1 Å². The van der Waals surface area contributed by atoms with Crippen molar-refractivity contribution in [2.75, 3.05) is 18.6 Å². The fraction of sp³-hybridized carbons (Fsp3) is 0.357. The van der Waals surface area contributed by atoms with Crippen LogP contribution in [0.15, 0.2) is 34.9 Å². The maximum absolute atomic E-state index is 12.2. The molecular formula is C14H17NO3S. The number of carbonyl (C=O) groups is 1. The maximum atomic E-state index is 12.2. The number of nitrogens with one attached hydrogen (secondary N) is 1. The van der Waals surface area contributed by atoms with Crippen LogP contribution in [0.25, 0.3) is 11.0 Å². The van der Waals surface area contributed by atoms with E-state index in [-0.39, 0.29) is 18.6 Å². The number of aliphatic hydroxyl groups is 1. The van der Waals surface area contributed by atoms with Crippen molar-refractivity contribution >= 4 is 28.6 Å². The number of carbonyl (C=O) groups excluding carboxylic acids is 1. The van der Waals surface area contributed by atoms with Crippen molar-refractivity contribution in [3.63, 3.8) is 0 Å². The Bertz CT molecular complexity index is 546. The van der Waals surface area contributed by atoms with Crippen LogP contribution in [0, 0.1) is 0 Å². The second kappa shape index (κ2) is 6.63. The molecule has 0 aliphatic carbocycles. The van der Waals surface area contributed by atoms with E-state index >= 15 is 0 Å². The first-order valence-corrected chi connectivity index (χ1v) is 7.52. The lowest BCUT2D eigenvalue weighted by Gasteiger charge is -2.16. The molecule has 1 atom stereocenters. The summed E-state index contributed by atoms with van der Waals surface area (Å²) in [6, 6.07) is 7.42. The number of furan rings is 1. The first-order chi connectivity index (χ1) is 9.26. The summed E-state index contributed by atoms with van der Waals surface area (Å²) in [7, 11) is 0. The fourth-order valence-electron chi connectivity index (χ4n) is 1.97. The van der Waals surface area contributed by atoms with Gasteiger partial charge in [0.05, 0.1) is 5.56 Å². The number of para-hydroxylation sites is 1. The van der Waals surface area contributed by atoms with Crippen molar-refractivity contribution < 1.29 is 14.3 Å². The Morgan fingerprint density at radius 3 is 3.00 bits per heavy atom. The minimum atomic E-state index is -0.155. The Labute approximate surface area is 116 Å². The van der Waals surface area contributed by atoms with E-state index in [1.54, 1.807) is 11.8 Å². The highest BCUT2D eigenvalue weighted by Gasteiger charge is 2.17. The number of fused-ring (bicyclic) bond motifs is 1. The molecule has 1 aromatic carbocycles.